The Morgan fingerprint density at radius 1 is 1.06 bits per heavy atom. The molecule has 0 radical (unpaired) electrons. The molecular formula is C10H15BrHgO4. The molecule has 3 atom stereocenters. The van der Waals surface area contributed by atoms with Gasteiger partial charge in [0, 0.05) is 0 Å². The van der Waals surface area contributed by atoms with Crippen LogP contribution in [0, 0.1) is 0 Å². The van der Waals surface area contributed by atoms with Crippen LogP contribution in [0.15, 0.2) is 0 Å². The van der Waals surface area contributed by atoms with Crippen LogP contribution < -0.4 is 0 Å². The molecule has 4 nitrogen and oxygen atoms in total. The van der Waals surface area contributed by atoms with Crippen LogP contribution in [0.4, 0.5) is 0 Å². The maximum absolute atomic E-state index is 10.9. The molecule has 0 heterocycles. The Balaban J connectivity index is 2.53. The summed E-state index contributed by atoms with van der Waals surface area (Å²) in [6.07, 6.45) is 2.38. The van der Waals surface area contributed by atoms with Gasteiger partial charge in [0.1, 0.15) is 0 Å². The number of carbonyl (C=O) groups excluding carboxylic acids is 2. The zero-order valence-electron chi connectivity index (χ0n) is 9.57. The van der Waals surface area contributed by atoms with E-state index in [9.17, 15) is 9.59 Å². The Morgan fingerprint density at radius 3 is 1.81 bits per heavy atom. The summed E-state index contributed by atoms with van der Waals surface area (Å²) in [5.41, 5.74) is 0. The molecule has 0 amide bonds. The fourth-order valence-corrected chi connectivity index (χ4v) is 10.6. The third kappa shape index (κ3) is 5.12. The van der Waals surface area contributed by atoms with Crippen molar-refractivity contribution in [3.63, 3.8) is 0 Å². The number of halogens is 1. The summed E-state index contributed by atoms with van der Waals surface area (Å²) in [5, 5.41) is 0. The fourth-order valence-electron chi connectivity index (χ4n) is 2.11. The molecule has 1 aliphatic carbocycles. The Labute approximate surface area is 113 Å². The van der Waals surface area contributed by atoms with Crippen molar-refractivity contribution in [1.82, 2.24) is 0 Å². The van der Waals surface area contributed by atoms with Gasteiger partial charge in [-0.1, -0.05) is 0 Å². The first kappa shape index (κ1) is 14.4. The van der Waals surface area contributed by atoms with E-state index in [4.69, 9.17) is 9.47 Å². The first-order chi connectivity index (χ1) is 7.51. The second-order valence-corrected chi connectivity index (χ2v) is 15.6. The first-order valence-corrected chi connectivity index (χ1v) is 20.5. The van der Waals surface area contributed by atoms with Crippen LogP contribution in [0.25, 0.3) is 0 Å². The first-order valence-electron chi connectivity index (χ1n) is 5.41. The quantitative estimate of drug-likeness (QED) is 0.460. The van der Waals surface area contributed by atoms with Crippen LogP contribution in [0.3, 0.4) is 0 Å². The van der Waals surface area contributed by atoms with E-state index in [1.807, 2.05) is 0 Å². The van der Waals surface area contributed by atoms with Gasteiger partial charge in [0.15, 0.2) is 0 Å². The molecule has 1 fully saturated rings. The minimum atomic E-state index is -1.03. The predicted molar refractivity (Wildman–Crippen MR) is 57.6 cm³/mol. The normalized spacial score (nSPS) is 29.1. The van der Waals surface area contributed by atoms with Crippen molar-refractivity contribution in [2.24, 2.45) is 0 Å². The van der Waals surface area contributed by atoms with Gasteiger partial charge in [0.2, 0.25) is 0 Å². The second-order valence-electron chi connectivity index (χ2n) is 4.19. The van der Waals surface area contributed by atoms with Gasteiger partial charge >= 0.3 is 114 Å². The zero-order valence-corrected chi connectivity index (χ0v) is 16.7. The van der Waals surface area contributed by atoms with E-state index >= 15 is 0 Å². The summed E-state index contributed by atoms with van der Waals surface area (Å²) in [5.74, 6) is -0.503. The predicted octanol–water partition coefficient (Wildman–Crippen LogP) is 2.21. The van der Waals surface area contributed by atoms with Crippen molar-refractivity contribution in [3.05, 3.63) is 0 Å². The van der Waals surface area contributed by atoms with Gasteiger partial charge in [-0.25, -0.2) is 0 Å². The van der Waals surface area contributed by atoms with Crippen molar-refractivity contribution in [1.29, 1.82) is 0 Å². The van der Waals surface area contributed by atoms with Gasteiger partial charge in [0.25, 0.3) is 0 Å². The van der Waals surface area contributed by atoms with Crippen molar-refractivity contribution in [2.75, 3.05) is 0 Å². The summed E-state index contributed by atoms with van der Waals surface area (Å²) >= 11 is 2.60. The molecule has 0 saturated heterocycles. The molecular weight excluding hydrogens is 465 g/mol. The number of rotatable bonds is 3. The van der Waals surface area contributed by atoms with Gasteiger partial charge < -0.3 is 0 Å². The molecule has 88 valence electrons. The molecule has 16 heavy (non-hydrogen) atoms. The van der Waals surface area contributed by atoms with Crippen LogP contribution in [-0.4, -0.2) is 24.1 Å². The van der Waals surface area contributed by atoms with Gasteiger partial charge in [-0.2, -0.15) is 0 Å². The number of carbonyl (C=O) groups is 2. The summed E-state index contributed by atoms with van der Waals surface area (Å²) < 4.78 is 11.1. The minimum absolute atomic E-state index is 0.0712. The topological polar surface area (TPSA) is 52.6 Å². The van der Waals surface area contributed by atoms with Crippen molar-refractivity contribution >= 4 is 23.8 Å². The number of ether oxygens (including phenoxy) is 2. The number of esters is 2. The molecule has 0 bridgehead atoms. The van der Waals surface area contributed by atoms with Crippen molar-refractivity contribution < 1.29 is 41.2 Å². The molecule has 0 aromatic rings. The van der Waals surface area contributed by atoms with Gasteiger partial charge in [-0.05, 0) is 0 Å². The average molecular weight is 480 g/mol. The standard InChI is InChI=1S/C10H15O4.BrH.Hg/c1-7(11)13-9-4-3-5-10(6-9)14-8(2)12;;/h3,9-10H,4-6H2,1-2H3;1H;/q;;+1/p-1/t9-,10+;;. The average Bonchev–Trinajstić information content (AvgIpc) is 2.14. The molecule has 1 unspecified atom stereocenters. The van der Waals surface area contributed by atoms with E-state index in [-0.39, 0.29) is 24.1 Å². The molecule has 0 spiro atoms. The Kier molecular flexibility index (Phi) is 6.25. The molecule has 1 rings (SSSR count). The molecule has 0 aliphatic heterocycles. The van der Waals surface area contributed by atoms with Crippen LogP contribution in [0.1, 0.15) is 33.1 Å². The summed E-state index contributed by atoms with van der Waals surface area (Å²) in [4.78, 5) is 21.8. The number of hydrogen-bond donors (Lipinski definition) is 0. The summed E-state index contributed by atoms with van der Waals surface area (Å²) in [6, 6.07) is 0. The molecule has 1 saturated carbocycles. The van der Waals surface area contributed by atoms with Crippen LogP contribution in [-0.2, 0) is 41.2 Å². The van der Waals surface area contributed by atoms with Crippen molar-refractivity contribution in [2.45, 2.75) is 48.7 Å². The van der Waals surface area contributed by atoms with E-state index in [1.54, 1.807) is 0 Å². The third-order valence-electron chi connectivity index (χ3n) is 2.60. The molecule has 0 aromatic heterocycles. The second kappa shape index (κ2) is 6.94. The Hall–Kier alpha value is 0.355. The molecule has 0 aromatic carbocycles. The van der Waals surface area contributed by atoms with Gasteiger partial charge in [-0.15, -0.1) is 0 Å². The monoisotopic (exact) mass is 480 g/mol. The van der Waals surface area contributed by atoms with Crippen LogP contribution >= 0.6 is 11.9 Å². The summed E-state index contributed by atoms with van der Waals surface area (Å²) in [7, 11) is 0. The van der Waals surface area contributed by atoms with Crippen LogP contribution in [0.2, 0.25) is 3.43 Å². The molecule has 0 N–H and O–H groups in total. The number of hydrogen-bond acceptors (Lipinski definition) is 4. The van der Waals surface area contributed by atoms with Crippen molar-refractivity contribution in [3.8, 4) is 0 Å². The van der Waals surface area contributed by atoms with E-state index in [2.05, 4.69) is 11.9 Å². The van der Waals surface area contributed by atoms with E-state index in [1.165, 1.54) is 13.8 Å². The van der Waals surface area contributed by atoms with E-state index in [0.717, 1.165) is 12.8 Å². The van der Waals surface area contributed by atoms with E-state index in [0.29, 0.717) is 9.85 Å². The Morgan fingerprint density at radius 2 is 1.50 bits per heavy atom. The van der Waals surface area contributed by atoms with Crippen LogP contribution in [0.5, 0.6) is 0 Å². The fraction of sp³-hybridized carbons (Fsp3) is 0.800. The Bertz CT molecular complexity index is 248. The summed E-state index contributed by atoms with van der Waals surface area (Å²) in [6.45, 7) is 2.84. The molecule has 6 heteroatoms. The van der Waals surface area contributed by atoms with Gasteiger partial charge in [-0.3, -0.25) is 0 Å². The van der Waals surface area contributed by atoms with E-state index < -0.39 is 22.1 Å². The zero-order chi connectivity index (χ0) is 12.1. The molecule has 1 aliphatic rings. The third-order valence-corrected chi connectivity index (χ3v) is 14.9. The van der Waals surface area contributed by atoms with Gasteiger partial charge in [0.05, 0.1) is 0 Å². The maximum atomic E-state index is 10.9. The SMILES string of the molecule is CC(=O)O[C@@H]1C[CH]([Hg][Br])C[C@H](OC(C)=O)C1.